The van der Waals surface area contributed by atoms with Crippen molar-refractivity contribution in [3.8, 4) is 22.8 Å². The maximum atomic E-state index is 12.3. The average Bonchev–Trinajstić information content (AvgIpc) is 3.44. The van der Waals surface area contributed by atoms with Gasteiger partial charge in [-0.15, -0.1) is 0 Å². The number of fused-ring (bicyclic) bond motifs is 2. The van der Waals surface area contributed by atoms with E-state index in [-0.39, 0.29) is 25.0 Å². The Morgan fingerprint density at radius 2 is 1.93 bits per heavy atom. The number of benzene rings is 2. The van der Waals surface area contributed by atoms with Gasteiger partial charge in [0.25, 0.3) is 5.91 Å². The first-order valence-corrected chi connectivity index (χ1v) is 8.39. The molecule has 1 N–H and O–H groups in total. The zero-order chi connectivity index (χ0) is 18.2. The molecule has 7 heteroatoms. The zero-order valence-corrected chi connectivity index (χ0v) is 14.1. The van der Waals surface area contributed by atoms with E-state index in [0.717, 1.165) is 10.9 Å². The molecule has 3 heterocycles. The number of nitrogens with zero attached hydrogens (tertiary/aromatic N) is 1. The maximum absolute atomic E-state index is 12.3. The second-order valence-electron chi connectivity index (χ2n) is 6.08. The van der Waals surface area contributed by atoms with Gasteiger partial charge in [-0.25, -0.2) is 0 Å². The van der Waals surface area contributed by atoms with Crippen molar-refractivity contribution in [1.82, 2.24) is 10.5 Å². The van der Waals surface area contributed by atoms with Crippen molar-refractivity contribution in [3.05, 3.63) is 66.1 Å². The van der Waals surface area contributed by atoms with Gasteiger partial charge in [0.2, 0.25) is 6.79 Å². The van der Waals surface area contributed by atoms with Gasteiger partial charge in [-0.05, 0) is 30.3 Å². The molecule has 0 radical (unpaired) electrons. The number of hydrogen-bond acceptors (Lipinski definition) is 6. The lowest BCUT2D eigenvalue weighted by Gasteiger charge is -1.99. The molecule has 0 aliphatic carbocycles. The Bertz CT molecular complexity index is 1110. The number of aromatic nitrogens is 1. The highest BCUT2D eigenvalue weighted by molar-refractivity contribution is 5.96. The Morgan fingerprint density at radius 3 is 2.85 bits per heavy atom. The molecule has 2 aromatic carbocycles. The topological polar surface area (TPSA) is 86.7 Å². The third-order valence-electron chi connectivity index (χ3n) is 4.30. The van der Waals surface area contributed by atoms with Crippen molar-refractivity contribution >= 4 is 16.9 Å². The Balaban J connectivity index is 1.28. The summed E-state index contributed by atoms with van der Waals surface area (Å²) in [6, 6.07) is 16.5. The number of amides is 1. The predicted molar refractivity (Wildman–Crippen MR) is 95.4 cm³/mol. The quantitative estimate of drug-likeness (QED) is 0.595. The highest BCUT2D eigenvalue weighted by atomic mass is 16.7. The molecule has 134 valence electrons. The number of carbonyl (C=O) groups excluding carboxylic acids is 1. The summed E-state index contributed by atoms with van der Waals surface area (Å²) >= 11 is 0. The molecule has 0 unspecified atom stereocenters. The normalized spacial score (nSPS) is 12.4. The van der Waals surface area contributed by atoms with E-state index >= 15 is 0 Å². The number of rotatable bonds is 4. The maximum Gasteiger partial charge on any atom is 0.287 e. The molecule has 0 bridgehead atoms. The summed E-state index contributed by atoms with van der Waals surface area (Å²) < 4.78 is 21.6. The van der Waals surface area contributed by atoms with Gasteiger partial charge in [0.15, 0.2) is 23.0 Å². The Morgan fingerprint density at radius 1 is 1.04 bits per heavy atom. The number of para-hydroxylation sites is 1. The minimum atomic E-state index is -0.307. The molecule has 0 saturated carbocycles. The fourth-order valence-electron chi connectivity index (χ4n) is 2.93. The van der Waals surface area contributed by atoms with Crippen LogP contribution in [-0.2, 0) is 6.54 Å². The summed E-state index contributed by atoms with van der Waals surface area (Å²) in [6.07, 6.45) is 0. The fourth-order valence-corrected chi connectivity index (χ4v) is 2.93. The van der Waals surface area contributed by atoms with Crippen molar-refractivity contribution in [3.63, 3.8) is 0 Å². The smallest absolute Gasteiger partial charge is 0.287 e. The van der Waals surface area contributed by atoms with Crippen molar-refractivity contribution < 1.29 is 23.2 Å². The summed E-state index contributed by atoms with van der Waals surface area (Å²) in [6.45, 7) is 0.443. The second kappa shape index (κ2) is 6.21. The molecular formula is C20H14N2O5. The molecule has 2 aromatic heterocycles. The first-order chi connectivity index (χ1) is 13.3. The van der Waals surface area contributed by atoms with Gasteiger partial charge in [0, 0.05) is 17.0 Å². The molecule has 0 spiro atoms. The lowest BCUT2D eigenvalue weighted by atomic mass is 10.1. The summed E-state index contributed by atoms with van der Waals surface area (Å²) in [7, 11) is 0. The fraction of sp³-hybridized carbons (Fsp3) is 0.100. The number of nitrogens with one attached hydrogen (secondary N) is 1. The van der Waals surface area contributed by atoms with Gasteiger partial charge in [-0.2, -0.15) is 0 Å². The van der Waals surface area contributed by atoms with E-state index in [4.69, 9.17) is 18.4 Å². The van der Waals surface area contributed by atoms with E-state index in [0.29, 0.717) is 28.5 Å². The largest absolute Gasteiger partial charge is 0.454 e. The molecule has 0 fully saturated rings. The standard InChI is InChI=1S/C20H14N2O5/c23-20(19-8-12-3-1-2-4-15(12)26-19)21-10-14-9-17(27-22-14)13-5-6-16-18(7-13)25-11-24-16/h1-9H,10-11H2,(H,21,23). The molecule has 4 aromatic rings. The molecule has 5 rings (SSSR count). The summed E-state index contributed by atoms with van der Waals surface area (Å²) in [5, 5.41) is 7.67. The van der Waals surface area contributed by atoms with Gasteiger partial charge >= 0.3 is 0 Å². The minimum Gasteiger partial charge on any atom is -0.454 e. The van der Waals surface area contributed by atoms with Crippen LogP contribution < -0.4 is 14.8 Å². The van der Waals surface area contributed by atoms with Gasteiger partial charge in [0.05, 0.1) is 6.54 Å². The van der Waals surface area contributed by atoms with Crippen molar-refractivity contribution in [2.45, 2.75) is 6.54 Å². The van der Waals surface area contributed by atoms with Gasteiger partial charge < -0.3 is 23.7 Å². The van der Waals surface area contributed by atoms with Crippen LogP contribution in [0.3, 0.4) is 0 Å². The number of furan rings is 1. The number of carbonyl (C=O) groups is 1. The van der Waals surface area contributed by atoms with Gasteiger partial charge in [-0.3, -0.25) is 4.79 Å². The van der Waals surface area contributed by atoms with Crippen LogP contribution in [0.1, 0.15) is 16.2 Å². The van der Waals surface area contributed by atoms with Crippen LogP contribution in [0, 0.1) is 0 Å². The molecule has 7 nitrogen and oxygen atoms in total. The van der Waals surface area contributed by atoms with Crippen LogP contribution in [0.25, 0.3) is 22.3 Å². The van der Waals surface area contributed by atoms with Crippen molar-refractivity contribution in [2.75, 3.05) is 6.79 Å². The molecule has 1 amide bonds. The molecule has 0 saturated heterocycles. The zero-order valence-electron chi connectivity index (χ0n) is 14.1. The minimum absolute atomic E-state index is 0.217. The molecule has 1 aliphatic heterocycles. The van der Waals surface area contributed by atoms with E-state index in [9.17, 15) is 4.79 Å². The molecular weight excluding hydrogens is 348 g/mol. The Kier molecular flexibility index (Phi) is 3.57. The van der Waals surface area contributed by atoms with Crippen LogP contribution >= 0.6 is 0 Å². The molecule has 0 atom stereocenters. The SMILES string of the molecule is O=C(NCc1cc(-c2ccc3c(c2)OCO3)on1)c1cc2ccccc2o1. The van der Waals surface area contributed by atoms with Crippen LogP contribution in [-0.4, -0.2) is 17.9 Å². The van der Waals surface area contributed by atoms with Crippen LogP contribution in [0.5, 0.6) is 11.5 Å². The lowest BCUT2D eigenvalue weighted by molar-refractivity contribution is 0.0924. The van der Waals surface area contributed by atoms with Crippen molar-refractivity contribution in [2.24, 2.45) is 0 Å². The lowest BCUT2D eigenvalue weighted by Crippen LogP contribution is -2.22. The first-order valence-electron chi connectivity index (χ1n) is 8.39. The summed E-state index contributed by atoms with van der Waals surface area (Å²) in [4.78, 5) is 12.3. The number of hydrogen-bond donors (Lipinski definition) is 1. The monoisotopic (exact) mass is 362 g/mol. The van der Waals surface area contributed by atoms with Gasteiger partial charge in [0.1, 0.15) is 11.3 Å². The molecule has 27 heavy (non-hydrogen) atoms. The second-order valence-corrected chi connectivity index (χ2v) is 6.08. The van der Waals surface area contributed by atoms with Gasteiger partial charge in [-0.1, -0.05) is 23.4 Å². The third kappa shape index (κ3) is 2.89. The van der Waals surface area contributed by atoms with E-state index in [1.807, 2.05) is 42.5 Å². The highest BCUT2D eigenvalue weighted by Crippen LogP contribution is 2.36. The van der Waals surface area contributed by atoms with E-state index in [1.165, 1.54) is 0 Å². The summed E-state index contributed by atoms with van der Waals surface area (Å²) in [5.74, 6) is 1.91. The third-order valence-corrected chi connectivity index (χ3v) is 4.30. The first kappa shape index (κ1) is 15.5. The van der Waals surface area contributed by atoms with Crippen LogP contribution in [0.15, 0.2) is 63.5 Å². The molecule has 1 aliphatic rings. The van der Waals surface area contributed by atoms with E-state index < -0.39 is 0 Å². The van der Waals surface area contributed by atoms with E-state index in [2.05, 4.69) is 10.5 Å². The Hall–Kier alpha value is -3.74. The predicted octanol–water partition coefficient (Wildman–Crippen LogP) is 3.75. The Labute approximate surface area is 153 Å². The van der Waals surface area contributed by atoms with Crippen LogP contribution in [0.2, 0.25) is 0 Å². The highest BCUT2D eigenvalue weighted by Gasteiger charge is 2.17. The summed E-state index contributed by atoms with van der Waals surface area (Å²) in [5.41, 5.74) is 2.10. The number of ether oxygens (including phenoxy) is 2. The average molecular weight is 362 g/mol. The van der Waals surface area contributed by atoms with E-state index in [1.54, 1.807) is 12.1 Å². The van der Waals surface area contributed by atoms with Crippen LogP contribution in [0.4, 0.5) is 0 Å². The van der Waals surface area contributed by atoms with Crippen molar-refractivity contribution in [1.29, 1.82) is 0 Å².